The third-order valence-corrected chi connectivity index (χ3v) is 4.85. The number of pyridine rings is 1. The summed E-state index contributed by atoms with van der Waals surface area (Å²) in [6.45, 7) is 2.06. The first-order chi connectivity index (χ1) is 11.9. The molecule has 4 heterocycles. The maximum absolute atomic E-state index is 4.76. The van der Waals surface area contributed by atoms with E-state index in [1.165, 1.54) is 18.4 Å². The fraction of sp³-hybridized carbons (Fsp3) is 0.389. The predicted octanol–water partition coefficient (Wildman–Crippen LogP) is 2.44. The van der Waals surface area contributed by atoms with E-state index in [2.05, 4.69) is 26.8 Å². The average Bonchev–Trinajstić information content (AvgIpc) is 3.18. The number of rotatable bonds is 4. The number of aromatic nitrogens is 4. The Labute approximate surface area is 140 Å². The molecule has 2 fully saturated rings. The quantitative estimate of drug-likeness (QED) is 0.773. The number of anilines is 1. The summed E-state index contributed by atoms with van der Waals surface area (Å²) in [5, 5.41) is 11.5. The lowest BCUT2D eigenvalue weighted by Crippen LogP contribution is -2.22. The van der Waals surface area contributed by atoms with E-state index in [4.69, 9.17) is 4.98 Å². The van der Waals surface area contributed by atoms with E-state index in [0.717, 1.165) is 42.4 Å². The lowest BCUT2D eigenvalue weighted by molar-refractivity contribution is 0.788. The smallest absolute Gasteiger partial charge is 0.154 e. The van der Waals surface area contributed by atoms with Crippen molar-refractivity contribution in [3.63, 3.8) is 0 Å². The first-order valence-corrected chi connectivity index (χ1v) is 8.65. The molecule has 1 saturated heterocycles. The Bertz CT molecular complexity index is 876. The van der Waals surface area contributed by atoms with Gasteiger partial charge in [0.15, 0.2) is 5.65 Å². The summed E-state index contributed by atoms with van der Waals surface area (Å²) < 4.78 is 1.88. The summed E-state index contributed by atoms with van der Waals surface area (Å²) in [5.41, 5.74) is 4.02. The highest BCUT2D eigenvalue weighted by molar-refractivity contribution is 5.61. The normalized spacial score (nSPS) is 20.6. The molecule has 0 spiro atoms. The van der Waals surface area contributed by atoms with Gasteiger partial charge in [0.1, 0.15) is 11.5 Å². The molecule has 3 aromatic heterocycles. The van der Waals surface area contributed by atoms with Gasteiger partial charge in [-0.15, -0.1) is 0 Å². The molecule has 0 aromatic carbocycles. The summed E-state index contributed by atoms with van der Waals surface area (Å²) in [5.74, 6) is 1.60. The molecule has 2 aliphatic rings. The van der Waals surface area contributed by atoms with Crippen LogP contribution in [0.25, 0.3) is 17.0 Å². The monoisotopic (exact) mass is 320 g/mol. The van der Waals surface area contributed by atoms with E-state index in [9.17, 15) is 0 Å². The van der Waals surface area contributed by atoms with E-state index in [1.54, 1.807) is 0 Å². The molecule has 1 unspecified atom stereocenters. The maximum Gasteiger partial charge on any atom is 0.154 e. The summed E-state index contributed by atoms with van der Waals surface area (Å²) >= 11 is 0. The van der Waals surface area contributed by atoms with E-state index in [0.29, 0.717) is 12.0 Å². The molecule has 122 valence electrons. The van der Waals surface area contributed by atoms with Crippen LogP contribution in [0.2, 0.25) is 0 Å². The zero-order valence-electron chi connectivity index (χ0n) is 13.4. The zero-order valence-corrected chi connectivity index (χ0v) is 13.4. The first kappa shape index (κ1) is 13.9. The van der Waals surface area contributed by atoms with Gasteiger partial charge in [-0.25, -0.2) is 14.5 Å². The summed E-state index contributed by atoms with van der Waals surface area (Å²) in [4.78, 5) is 9.29. The Balaban J connectivity index is 1.47. The molecule has 5 rings (SSSR count). The minimum atomic E-state index is 0.453. The maximum atomic E-state index is 4.76. The highest BCUT2D eigenvalue weighted by atomic mass is 15.3. The molecular formula is C18H20N6. The van der Waals surface area contributed by atoms with Gasteiger partial charge in [-0.05, 0) is 55.5 Å². The average molecular weight is 320 g/mol. The van der Waals surface area contributed by atoms with Crippen molar-refractivity contribution < 1.29 is 0 Å². The molecule has 1 saturated carbocycles. The van der Waals surface area contributed by atoms with Crippen molar-refractivity contribution in [2.75, 3.05) is 18.4 Å². The second-order valence-corrected chi connectivity index (χ2v) is 6.72. The third kappa shape index (κ3) is 2.53. The number of hydrogen-bond donors (Lipinski definition) is 2. The van der Waals surface area contributed by atoms with Crippen LogP contribution >= 0.6 is 0 Å². The van der Waals surface area contributed by atoms with Crippen molar-refractivity contribution in [2.45, 2.75) is 31.2 Å². The van der Waals surface area contributed by atoms with Gasteiger partial charge in [0.05, 0.1) is 18.1 Å². The van der Waals surface area contributed by atoms with Crippen LogP contribution in [0.5, 0.6) is 0 Å². The van der Waals surface area contributed by atoms with Crippen LogP contribution in [0, 0.1) is 0 Å². The van der Waals surface area contributed by atoms with Gasteiger partial charge >= 0.3 is 0 Å². The fourth-order valence-electron chi connectivity index (χ4n) is 3.35. The van der Waals surface area contributed by atoms with Crippen LogP contribution in [0.4, 0.5) is 5.82 Å². The molecule has 0 radical (unpaired) electrons. The Morgan fingerprint density at radius 1 is 1.17 bits per heavy atom. The van der Waals surface area contributed by atoms with Crippen LogP contribution in [0.3, 0.4) is 0 Å². The summed E-state index contributed by atoms with van der Waals surface area (Å²) in [7, 11) is 0. The Hall–Kier alpha value is -2.47. The van der Waals surface area contributed by atoms with Crippen LogP contribution < -0.4 is 10.6 Å². The molecule has 3 aromatic rings. The highest BCUT2D eigenvalue weighted by Gasteiger charge is 2.24. The zero-order chi connectivity index (χ0) is 15.9. The number of nitrogens with zero attached hydrogens (tertiary/aromatic N) is 4. The minimum absolute atomic E-state index is 0.453. The molecule has 1 atom stereocenters. The van der Waals surface area contributed by atoms with E-state index in [1.807, 2.05) is 35.1 Å². The van der Waals surface area contributed by atoms with Crippen LogP contribution in [0.15, 0.2) is 36.7 Å². The Morgan fingerprint density at radius 3 is 2.96 bits per heavy atom. The second-order valence-electron chi connectivity index (χ2n) is 6.72. The van der Waals surface area contributed by atoms with Crippen molar-refractivity contribution in [2.24, 2.45) is 0 Å². The van der Waals surface area contributed by atoms with E-state index < -0.39 is 0 Å². The number of nitrogens with one attached hydrogen (secondary N) is 2. The third-order valence-electron chi connectivity index (χ3n) is 4.85. The standard InChI is InChI=1S/C18H20N6/c1-2-15(23-17(3-1)22-14-6-7-19-10-14)16-11-20-18-8-13(12-4-5-12)9-21-24(16)18/h1-3,8-9,11-12,14,19H,4-7,10H2,(H,22,23). The SMILES string of the molecule is c1cc(NC2CCNC2)nc(-c2cnc3cc(C4CC4)cnn23)c1. The predicted molar refractivity (Wildman–Crippen MR) is 93.1 cm³/mol. The molecule has 0 amide bonds. The molecule has 1 aliphatic carbocycles. The molecule has 6 nitrogen and oxygen atoms in total. The van der Waals surface area contributed by atoms with Gasteiger partial charge in [-0.3, -0.25) is 0 Å². The largest absolute Gasteiger partial charge is 0.366 e. The van der Waals surface area contributed by atoms with E-state index >= 15 is 0 Å². The summed E-state index contributed by atoms with van der Waals surface area (Å²) in [6, 6.07) is 8.67. The van der Waals surface area contributed by atoms with Gasteiger partial charge in [0.2, 0.25) is 0 Å². The molecule has 2 N–H and O–H groups in total. The van der Waals surface area contributed by atoms with Crippen LogP contribution in [0.1, 0.15) is 30.7 Å². The molecule has 6 heteroatoms. The highest BCUT2D eigenvalue weighted by Crippen LogP contribution is 2.40. The lowest BCUT2D eigenvalue weighted by atomic mass is 10.2. The van der Waals surface area contributed by atoms with Gasteiger partial charge in [0.25, 0.3) is 0 Å². The van der Waals surface area contributed by atoms with Crippen LogP contribution in [-0.2, 0) is 0 Å². The van der Waals surface area contributed by atoms with Gasteiger partial charge < -0.3 is 10.6 Å². The van der Waals surface area contributed by atoms with Gasteiger partial charge in [-0.1, -0.05) is 6.07 Å². The topological polar surface area (TPSA) is 67.1 Å². The van der Waals surface area contributed by atoms with E-state index in [-0.39, 0.29) is 0 Å². The fourth-order valence-corrected chi connectivity index (χ4v) is 3.35. The lowest BCUT2D eigenvalue weighted by Gasteiger charge is -2.12. The molecular weight excluding hydrogens is 300 g/mol. The van der Waals surface area contributed by atoms with Crippen molar-refractivity contribution >= 4 is 11.5 Å². The second kappa shape index (κ2) is 5.56. The van der Waals surface area contributed by atoms with Crippen molar-refractivity contribution in [3.05, 3.63) is 42.2 Å². The van der Waals surface area contributed by atoms with Crippen molar-refractivity contribution in [1.82, 2.24) is 24.9 Å². The number of hydrogen-bond acceptors (Lipinski definition) is 5. The van der Waals surface area contributed by atoms with Crippen LogP contribution in [-0.4, -0.2) is 38.7 Å². The van der Waals surface area contributed by atoms with Gasteiger partial charge in [0, 0.05) is 12.6 Å². The molecule has 1 aliphatic heterocycles. The Morgan fingerprint density at radius 2 is 2.12 bits per heavy atom. The van der Waals surface area contributed by atoms with Gasteiger partial charge in [-0.2, -0.15) is 5.10 Å². The Kier molecular flexibility index (Phi) is 3.23. The number of imidazole rings is 1. The molecule has 0 bridgehead atoms. The first-order valence-electron chi connectivity index (χ1n) is 8.65. The molecule has 24 heavy (non-hydrogen) atoms. The number of fused-ring (bicyclic) bond motifs is 1. The summed E-state index contributed by atoms with van der Waals surface area (Å²) in [6.07, 6.45) is 7.52. The van der Waals surface area contributed by atoms with Crippen molar-refractivity contribution in [3.8, 4) is 11.4 Å². The van der Waals surface area contributed by atoms with Crippen molar-refractivity contribution in [1.29, 1.82) is 0 Å². The minimum Gasteiger partial charge on any atom is -0.366 e.